The van der Waals surface area contributed by atoms with Crippen molar-refractivity contribution in [3.8, 4) is 5.69 Å². The van der Waals surface area contributed by atoms with E-state index in [9.17, 15) is 9.59 Å². The molecule has 0 atom stereocenters. The summed E-state index contributed by atoms with van der Waals surface area (Å²) in [6, 6.07) is 25.6. The van der Waals surface area contributed by atoms with Gasteiger partial charge in [0.1, 0.15) is 0 Å². The van der Waals surface area contributed by atoms with Gasteiger partial charge in [0.25, 0.3) is 5.56 Å². The van der Waals surface area contributed by atoms with Crippen LogP contribution in [0.3, 0.4) is 0 Å². The van der Waals surface area contributed by atoms with Crippen molar-refractivity contribution in [1.29, 1.82) is 0 Å². The van der Waals surface area contributed by atoms with Gasteiger partial charge >= 0.3 is 0 Å². The second-order valence-corrected chi connectivity index (χ2v) is 9.76. The number of aromatic nitrogens is 2. The van der Waals surface area contributed by atoms with Crippen LogP contribution in [0.25, 0.3) is 16.6 Å². The zero-order valence-electron chi connectivity index (χ0n) is 19.8. The minimum atomic E-state index is -0.121. The van der Waals surface area contributed by atoms with Gasteiger partial charge in [0.05, 0.1) is 22.3 Å². The average molecular weight is 485 g/mol. The van der Waals surface area contributed by atoms with Crippen LogP contribution in [0.5, 0.6) is 0 Å². The zero-order chi connectivity index (χ0) is 24.2. The quantitative estimate of drug-likeness (QED) is 0.304. The van der Waals surface area contributed by atoms with Crippen molar-refractivity contribution in [2.45, 2.75) is 18.6 Å². The van der Waals surface area contributed by atoms with Gasteiger partial charge in [0.15, 0.2) is 5.16 Å². The summed E-state index contributed by atoms with van der Waals surface area (Å²) in [5.74, 6) is 0.321. The van der Waals surface area contributed by atoms with E-state index in [-0.39, 0.29) is 17.2 Å². The fraction of sp³-hybridized carbons (Fsp3) is 0.250. The summed E-state index contributed by atoms with van der Waals surface area (Å²) in [5.41, 5.74) is 3.68. The number of carbonyl (C=O) groups is 1. The fourth-order valence-electron chi connectivity index (χ4n) is 4.35. The molecule has 0 N–H and O–H groups in total. The molecule has 0 aliphatic carbocycles. The van der Waals surface area contributed by atoms with E-state index in [0.29, 0.717) is 29.1 Å². The minimum Gasteiger partial charge on any atom is -0.339 e. The maximum absolute atomic E-state index is 13.4. The van der Waals surface area contributed by atoms with Gasteiger partial charge in [-0.25, -0.2) is 4.98 Å². The van der Waals surface area contributed by atoms with Crippen molar-refractivity contribution in [2.75, 3.05) is 31.9 Å². The van der Waals surface area contributed by atoms with Crippen LogP contribution in [0.15, 0.2) is 88.8 Å². The Hall–Kier alpha value is -3.42. The summed E-state index contributed by atoms with van der Waals surface area (Å²) in [6.07, 6.45) is 0. The molecular weight excluding hydrogens is 456 g/mol. The predicted molar refractivity (Wildman–Crippen MR) is 141 cm³/mol. The Morgan fingerprint density at radius 1 is 0.886 bits per heavy atom. The molecule has 5 rings (SSSR count). The molecule has 7 heteroatoms. The number of hydrogen-bond donors (Lipinski definition) is 0. The van der Waals surface area contributed by atoms with Gasteiger partial charge in [0, 0.05) is 32.7 Å². The van der Waals surface area contributed by atoms with Crippen LogP contribution < -0.4 is 5.56 Å². The molecular formula is C28H28N4O2S. The van der Waals surface area contributed by atoms with Crippen LogP contribution in [0, 0.1) is 6.92 Å². The topological polar surface area (TPSA) is 58.4 Å². The molecule has 6 nitrogen and oxygen atoms in total. The maximum Gasteiger partial charge on any atom is 0.266 e. The number of benzene rings is 3. The van der Waals surface area contributed by atoms with Gasteiger partial charge in [0.2, 0.25) is 5.91 Å². The van der Waals surface area contributed by atoms with Crippen molar-refractivity contribution in [2.24, 2.45) is 0 Å². The van der Waals surface area contributed by atoms with Crippen molar-refractivity contribution < 1.29 is 4.79 Å². The largest absolute Gasteiger partial charge is 0.339 e. The first kappa shape index (κ1) is 23.3. The maximum atomic E-state index is 13.4. The van der Waals surface area contributed by atoms with Crippen molar-refractivity contribution in [3.63, 3.8) is 0 Å². The Morgan fingerprint density at radius 2 is 1.57 bits per heavy atom. The van der Waals surface area contributed by atoms with E-state index in [4.69, 9.17) is 4.98 Å². The van der Waals surface area contributed by atoms with E-state index in [0.717, 1.165) is 30.9 Å². The first-order valence-electron chi connectivity index (χ1n) is 11.8. The number of piperazine rings is 1. The summed E-state index contributed by atoms with van der Waals surface area (Å²) < 4.78 is 1.62. The van der Waals surface area contributed by atoms with E-state index < -0.39 is 0 Å². The number of hydrogen-bond acceptors (Lipinski definition) is 5. The number of aryl methyl sites for hydroxylation is 1. The van der Waals surface area contributed by atoms with Crippen LogP contribution >= 0.6 is 11.8 Å². The molecule has 0 bridgehead atoms. The molecule has 0 spiro atoms. The molecule has 1 aliphatic heterocycles. The van der Waals surface area contributed by atoms with E-state index in [1.807, 2.05) is 60.4 Å². The van der Waals surface area contributed by atoms with Gasteiger partial charge in [-0.1, -0.05) is 71.9 Å². The van der Waals surface area contributed by atoms with Gasteiger partial charge in [-0.3, -0.25) is 19.1 Å². The van der Waals surface area contributed by atoms with E-state index in [1.54, 1.807) is 10.6 Å². The normalized spacial score (nSPS) is 14.4. The Balaban J connectivity index is 1.30. The number of thioether (sulfide) groups is 1. The number of carbonyl (C=O) groups excluding carboxylic acids is 1. The molecule has 0 unspecified atom stereocenters. The molecule has 3 aromatic carbocycles. The second kappa shape index (κ2) is 10.5. The lowest BCUT2D eigenvalue weighted by atomic mass is 10.2. The Morgan fingerprint density at radius 3 is 2.31 bits per heavy atom. The molecule has 1 aliphatic rings. The SMILES string of the molecule is Cc1ccc(-n2c(SCC(=O)N3CCN(Cc4ccccc4)CC3)nc3ccccc3c2=O)cc1. The van der Waals surface area contributed by atoms with E-state index in [2.05, 4.69) is 29.2 Å². The molecule has 1 saturated heterocycles. The smallest absolute Gasteiger partial charge is 0.266 e. The lowest BCUT2D eigenvalue weighted by molar-refractivity contribution is -0.130. The highest BCUT2D eigenvalue weighted by molar-refractivity contribution is 7.99. The Kier molecular flexibility index (Phi) is 6.97. The predicted octanol–water partition coefficient (Wildman–Crippen LogP) is 4.13. The van der Waals surface area contributed by atoms with Gasteiger partial charge < -0.3 is 4.90 Å². The standard InChI is InChI=1S/C28H28N4O2S/c1-21-11-13-23(14-12-21)32-27(34)24-9-5-6-10-25(24)29-28(32)35-20-26(33)31-17-15-30(16-18-31)19-22-7-3-2-4-8-22/h2-14H,15-20H2,1H3. The second-order valence-electron chi connectivity index (χ2n) is 8.82. The number of amides is 1. The highest BCUT2D eigenvalue weighted by atomic mass is 32.2. The van der Waals surface area contributed by atoms with Crippen LogP contribution in [0.1, 0.15) is 11.1 Å². The number of nitrogens with zero attached hydrogens (tertiary/aromatic N) is 4. The summed E-state index contributed by atoms with van der Waals surface area (Å²) in [4.78, 5) is 35.5. The lowest BCUT2D eigenvalue weighted by Gasteiger charge is -2.34. The highest BCUT2D eigenvalue weighted by Gasteiger charge is 2.22. The average Bonchev–Trinajstić information content (AvgIpc) is 2.89. The Bertz CT molecular complexity index is 1380. The molecule has 0 saturated carbocycles. The summed E-state index contributed by atoms with van der Waals surface area (Å²) in [7, 11) is 0. The number of fused-ring (bicyclic) bond motifs is 1. The van der Waals surface area contributed by atoms with Gasteiger partial charge in [-0.05, 0) is 36.8 Å². The molecule has 2 heterocycles. The van der Waals surface area contributed by atoms with Crippen molar-refractivity contribution in [1.82, 2.24) is 19.4 Å². The van der Waals surface area contributed by atoms with Crippen LogP contribution in [0.4, 0.5) is 0 Å². The first-order valence-corrected chi connectivity index (χ1v) is 12.8. The minimum absolute atomic E-state index is 0.0761. The van der Waals surface area contributed by atoms with Crippen molar-refractivity contribution >= 4 is 28.6 Å². The van der Waals surface area contributed by atoms with E-state index in [1.165, 1.54) is 17.3 Å². The molecule has 178 valence electrons. The van der Waals surface area contributed by atoms with Crippen LogP contribution in [-0.4, -0.2) is 57.2 Å². The fourth-order valence-corrected chi connectivity index (χ4v) is 5.26. The molecule has 4 aromatic rings. The summed E-state index contributed by atoms with van der Waals surface area (Å²) in [5, 5.41) is 1.10. The van der Waals surface area contributed by atoms with Crippen LogP contribution in [0.2, 0.25) is 0 Å². The third-order valence-electron chi connectivity index (χ3n) is 6.34. The van der Waals surface area contributed by atoms with Crippen molar-refractivity contribution in [3.05, 3.63) is 100 Å². The van der Waals surface area contributed by atoms with Gasteiger partial charge in [-0.15, -0.1) is 0 Å². The Labute approximate surface area is 209 Å². The third kappa shape index (κ3) is 5.31. The third-order valence-corrected chi connectivity index (χ3v) is 7.26. The molecule has 1 amide bonds. The highest BCUT2D eigenvalue weighted by Crippen LogP contribution is 2.22. The van der Waals surface area contributed by atoms with Crippen LogP contribution in [-0.2, 0) is 11.3 Å². The number of para-hydroxylation sites is 1. The monoisotopic (exact) mass is 484 g/mol. The van der Waals surface area contributed by atoms with Gasteiger partial charge in [-0.2, -0.15) is 0 Å². The summed E-state index contributed by atoms with van der Waals surface area (Å²) >= 11 is 1.33. The molecule has 1 aromatic heterocycles. The summed E-state index contributed by atoms with van der Waals surface area (Å²) in [6.45, 7) is 6.05. The molecule has 1 fully saturated rings. The zero-order valence-corrected chi connectivity index (χ0v) is 20.6. The number of rotatable bonds is 6. The molecule has 35 heavy (non-hydrogen) atoms. The van der Waals surface area contributed by atoms with E-state index >= 15 is 0 Å². The first-order chi connectivity index (χ1) is 17.1. The lowest BCUT2D eigenvalue weighted by Crippen LogP contribution is -2.48. The molecule has 0 radical (unpaired) electrons.